The number of nitrogens with one attached hydrogen (secondary N) is 3. The van der Waals surface area contributed by atoms with Crippen LogP contribution in [0.5, 0.6) is 0 Å². The fraction of sp³-hybridized carbons (Fsp3) is 0.133. The van der Waals surface area contributed by atoms with Gasteiger partial charge in [-0.3, -0.25) is 0 Å². The third kappa shape index (κ3) is 2.85. The average Bonchev–Trinajstić information content (AvgIpc) is 2.76. The number of halogens is 2. The molecule has 0 spiro atoms. The highest BCUT2D eigenvalue weighted by molar-refractivity contribution is 9.10. The van der Waals surface area contributed by atoms with Crippen LogP contribution in [0.4, 0.5) is 10.1 Å². The molecular formula is C15H13BrFN3O. The Balaban J connectivity index is 1.87. The van der Waals surface area contributed by atoms with Crippen molar-refractivity contribution in [3.63, 3.8) is 0 Å². The van der Waals surface area contributed by atoms with Crippen LogP contribution in [0.2, 0.25) is 0 Å². The van der Waals surface area contributed by atoms with E-state index in [9.17, 15) is 9.18 Å². The molecule has 0 fully saturated rings. The van der Waals surface area contributed by atoms with Gasteiger partial charge in [0.15, 0.2) is 0 Å². The Kier molecular flexibility index (Phi) is 3.55. The van der Waals surface area contributed by atoms with Gasteiger partial charge in [-0.15, -0.1) is 0 Å². The molecule has 0 unspecified atom stereocenters. The summed E-state index contributed by atoms with van der Waals surface area (Å²) in [6, 6.07) is 8.43. The summed E-state index contributed by atoms with van der Waals surface area (Å²) in [4.78, 5) is 16.7. The van der Waals surface area contributed by atoms with E-state index in [2.05, 4.69) is 31.2 Å². The molecule has 0 amide bonds. The minimum Gasteiger partial charge on any atom is -0.380 e. The summed E-state index contributed by atoms with van der Waals surface area (Å²) in [6.07, 6.45) is 0. The standard InChI is InChI=1S/C15H13BrFN3O/c1-8-4-10(17)3-2-9(8)7-18-12-6-14-13(5-11(12)16)19-15(21)20-14/h2-6,18H,7H2,1H3,(H2,19,20,21). The number of hydrogen-bond donors (Lipinski definition) is 3. The molecule has 0 aliphatic carbocycles. The number of aryl methyl sites for hydroxylation is 1. The zero-order chi connectivity index (χ0) is 15.0. The molecule has 2 aromatic carbocycles. The molecule has 0 aliphatic heterocycles. The van der Waals surface area contributed by atoms with Crippen molar-refractivity contribution in [3.8, 4) is 0 Å². The maximum Gasteiger partial charge on any atom is 0.323 e. The van der Waals surface area contributed by atoms with Gasteiger partial charge in [0.1, 0.15) is 5.82 Å². The quantitative estimate of drug-likeness (QED) is 0.675. The summed E-state index contributed by atoms with van der Waals surface area (Å²) in [5, 5.41) is 3.29. The van der Waals surface area contributed by atoms with Gasteiger partial charge in [0.25, 0.3) is 0 Å². The summed E-state index contributed by atoms with van der Waals surface area (Å²) < 4.78 is 13.9. The fourth-order valence-corrected chi connectivity index (χ4v) is 2.72. The van der Waals surface area contributed by atoms with Gasteiger partial charge < -0.3 is 15.3 Å². The van der Waals surface area contributed by atoms with E-state index in [1.807, 2.05) is 19.1 Å². The van der Waals surface area contributed by atoms with Crippen LogP contribution >= 0.6 is 15.9 Å². The van der Waals surface area contributed by atoms with Crippen molar-refractivity contribution in [2.45, 2.75) is 13.5 Å². The zero-order valence-corrected chi connectivity index (χ0v) is 12.8. The average molecular weight is 350 g/mol. The first-order valence-electron chi connectivity index (χ1n) is 6.43. The number of H-pyrrole nitrogens is 2. The molecule has 21 heavy (non-hydrogen) atoms. The topological polar surface area (TPSA) is 60.7 Å². The van der Waals surface area contributed by atoms with Gasteiger partial charge in [-0.25, -0.2) is 9.18 Å². The van der Waals surface area contributed by atoms with Crippen LogP contribution in [0.1, 0.15) is 11.1 Å². The lowest BCUT2D eigenvalue weighted by molar-refractivity contribution is 0.625. The number of anilines is 1. The van der Waals surface area contributed by atoms with E-state index in [0.29, 0.717) is 6.54 Å². The predicted molar refractivity (Wildman–Crippen MR) is 85.1 cm³/mol. The van der Waals surface area contributed by atoms with Crippen molar-refractivity contribution < 1.29 is 4.39 Å². The number of rotatable bonds is 3. The molecule has 3 rings (SSSR count). The minimum absolute atomic E-state index is 0.233. The van der Waals surface area contributed by atoms with Crippen LogP contribution in [0.25, 0.3) is 11.0 Å². The third-order valence-corrected chi connectivity index (χ3v) is 4.03. The molecule has 0 atom stereocenters. The normalized spacial score (nSPS) is 11.0. The Bertz CT molecular complexity index is 869. The summed E-state index contributed by atoms with van der Waals surface area (Å²) in [5.74, 6) is -0.233. The van der Waals surface area contributed by atoms with E-state index in [-0.39, 0.29) is 11.5 Å². The van der Waals surface area contributed by atoms with E-state index in [0.717, 1.165) is 32.3 Å². The lowest BCUT2D eigenvalue weighted by atomic mass is 10.1. The number of imidazole rings is 1. The van der Waals surface area contributed by atoms with Crippen LogP contribution in [0.3, 0.4) is 0 Å². The number of aromatic nitrogens is 2. The molecule has 3 N–H and O–H groups in total. The van der Waals surface area contributed by atoms with Gasteiger partial charge in [-0.05, 0) is 58.2 Å². The first-order chi connectivity index (χ1) is 10.0. The second-order valence-corrected chi connectivity index (χ2v) is 5.74. The van der Waals surface area contributed by atoms with Crippen LogP contribution in [-0.4, -0.2) is 9.97 Å². The molecule has 0 radical (unpaired) electrons. The fourth-order valence-electron chi connectivity index (χ4n) is 2.24. The molecule has 4 nitrogen and oxygen atoms in total. The number of hydrogen-bond acceptors (Lipinski definition) is 2. The second kappa shape index (κ2) is 5.37. The van der Waals surface area contributed by atoms with E-state index >= 15 is 0 Å². The minimum atomic E-state index is -0.233. The molecule has 0 aliphatic rings. The molecular weight excluding hydrogens is 337 g/mol. The van der Waals surface area contributed by atoms with Gasteiger partial charge in [0.05, 0.1) is 16.7 Å². The highest BCUT2D eigenvalue weighted by Gasteiger charge is 2.06. The van der Waals surface area contributed by atoms with Crippen molar-refractivity contribution >= 4 is 32.7 Å². The molecule has 108 valence electrons. The first-order valence-corrected chi connectivity index (χ1v) is 7.22. The van der Waals surface area contributed by atoms with Crippen LogP contribution in [0.15, 0.2) is 39.6 Å². The summed E-state index contributed by atoms with van der Waals surface area (Å²) in [5.41, 5.74) is 4.03. The molecule has 0 bridgehead atoms. The monoisotopic (exact) mass is 349 g/mol. The van der Waals surface area contributed by atoms with E-state index in [4.69, 9.17) is 0 Å². The first kappa shape index (κ1) is 13.9. The third-order valence-electron chi connectivity index (χ3n) is 3.38. The Morgan fingerprint density at radius 2 is 1.90 bits per heavy atom. The van der Waals surface area contributed by atoms with Crippen molar-refractivity contribution in [2.75, 3.05) is 5.32 Å². The second-order valence-electron chi connectivity index (χ2n) is 4.88. The molecule has 3 aromatic rings. The van der Waals surface area contributed by atoms with Gasteiger partial charge in [-0.1, -0.05) is 6.07 Å². The largest absolute Gasteiger partial charge is 0.380 e. The van der Waals surface area contributed by atoms with Gasteiger partial charge in [0.2, 0.25) is 0 Å². The Hall–Kier alpha value is -2.08. The van der Waals surface area contributed by atoms with Crippen LogP contribution in [0, 0.1) is 12.7 Å². The van der Waals surface area contributed by atoms with Crippen molar-refractivity contribution in [1.29, 1.82) is 0 Å². The lowest BCUT2D eigenvalue weighted by Crippen LogP contribution is -2.02. The molecule has 1 aromatic heterocycles. The predicted octanol–water partition coefficient (Wildman–Crippen LogP) is 3.68. The zero-order valence-electron chi connectivity index (χ0n) is 11.3. The van der Waals surface area contributed by atoms with Crippen LogP contribution < -0.4 is 11.0 Å². The Morgan fingerprint density at radius 1 is 1.19 bits per heavy atom. The Morgan fingerprint density at radius 3 is 2.62 bits per heavy atom. The van der Waals surface area contributed by atoms with Crippen molar-refractivity contribution in [2.24, 2.45) is 0 Å². The summed E-state index contributed by atoms with van der Waals surface area (Å²) in [6.45, 7) is 2.45. The Labute approximate surface area is 128 Å². The lowest BCUT2D eigenvalue weighted by Gasteiger charge is -2.11. The summed E-state index contributed by atoms with van der Waals surface area (Å²) in [7, 11) is 0. The molecule has 6 heteroatoms. The van der Waals surface area contributed by atoms with Crippen molar-refractivity contribution in [3.05, 3.63) is 62.2 Å². The number of aromatic amines is 2. The SMILES string of the molecule is Cc1cc(F)ccc1CNc1cc2[nH]c(=O)[nH]c2cc1Br. The van der Waals surface area contributed by atoms with E-state index in [1.54, 1.807) is 6.07 Å². The van der Waals surface area contributed by atoms with Crippen LogP contribution in [-0.2, 0) is 6.54 Å². The van der Waals surface area contributed by atoms with E-state index < -0.39 is 0 Å². The highest BCUT2D eigenvalue weighted by Crippen LogP contribution is 2.27. The van der Waals surface area contributed by atoms with E-state index in [1.165, 1.54) is 12.1 Å². The molecule has 0 saturated carbocycles. The number of fused-ring (bicyclic) bond motifs is 1. The highest BCUT2D eigenvalue weighted by atomic mass is 79.9. The number of benzene rings is 2. The smallest absolute Gasteiger partial charge is 0.323 e. The van der Waals surface area contributed by atoms with Gasteiger partial charge in [-0.2, -0.15) is 0 Å². The van der Waals surface area contributed by atoms with Crippen molar-refractivity contribution in [1.82, 2.24) is 9.97 Å². The summed E-state index contributed by atoms with van der Waals surface area (Å²) >= 11 is 3.47. The maximum atomic E-state index is 13.1. The molecule has 1 heterocycles. The maximum absolute atomic E-state index is 13.1. The molecule has 0 saturated heterocycles. The van der Waals surface area contributed by atoms with Gasteiger partial charge >= 0.3 is 5.69 Å². The van der Waals surface area contributed by atoms with Gasteiger partial charge in [0, 0.05) is 11.0 Å².